The first-order valence-corrected chi connectivity index (χ1v) is 7.33. The molecule has 0 bridgehead atoms. The van der Waals surface area contributed by atoms with Gasteiger partial charge in [0.25, 0.3) is 5.89 Å². The predicted octanol–water partition coefficient (Wildman–Crippen LogP) is 3.87. The highest BCUT2D eigenvalue weighted by molar-refractivity contribution is 6.30. The minimum absolute atomic E-state index is 0.108. The van der Waals surface area contributed by atoms with Crippen LogP contribution in [0.5, 0.6) is 0 Å². The van der Waals surface area contributed by atoms with Crippen LogP contribution in [-0.2, 0) is 6.54 Å². The Bertz CT molecular complexity index is 836. The molecular weight excluding hydrogens is 319 g/mol. The van der Waals surface area contributed by atoms with Crippen molar-refractivity contribution < 1.29 is 8.91 Å². The zero-order valence-electron chi connectivity index (χ0n) is 12.6. The van der Waals surface area contributed by atoms with Crippen LogP contribution in [0.1, 0.15) is 11.4 Å². The topological polar surface area (TPSA) is 55.1 Å². The standard InChI is InChI=1S/C16H14ClFN4O/c1-10-20-16(23-21-10)12-4-3-7-19-15(12)22(2)9-11-5-6-13(17)14(18)8-11/h3-8H,9H2,1-2H3. The van der Waals surface area contributed by atoms with Crippen molar-refractivity contribution in [3.63, 3.8) is 0 Å². The molecule has 0 atom stereocenters. The van der Waals surface area contributed by atoms with Gasteiger partial charge in [-0.05, 0) is 36.8 Å². The van der Waals surface area contributed by atoms with Gasteiger partial charge in [-0.3, -0.25) is 0 Å². The third kappa shape index (κ3) is 3.32. The second-order valence-corrected chi connectivity index (χ2v) is 5.53. The van der Waals surface area contributed by atoms with Crippen LogP contribution in [0.15, 0.2) is 41.1 Å². The fourth-order valence-corrected chi connectivity index (χ4v) is 2.38. The third-order valence-electron chi connectivity index (χ3n) is 3.31. The van der Waals surface area contributed by atoms with Crippen molar-refractivity contribution in [3.05, 3.63) is 58.8 Å². The highest BCUT2D eigenvalue weighted by Gasteiger charge is 2.16. The second-order valence-electron chi connectivity index (χ2n) is 5.13. The summed E-state index contributed by atoms with van der Waals surface area (Å²) in [5, 5.41) is 3.91. The monoisotopic (exact) mass is 332 g/mol. The summed E-state index contributed by atoms with van der Waals surface area (Å²) in [6.07, 6.45) is 1.68. The lowest BCUT2D eigenvalue weighted by Crippen LogP contribution is -2.18. The van der Waals surface area contributed by atoms with Gasteiger partial charge in [-0.1, -0.05) is 22.8 Å². The van der Waals surface area contributed by atoms with Gasteiger partial charge in [0.15, 0.2) is 5.82 Å². The van der Waals surface area contributed by atoms with Crippen molar-refractivity contribution in [1.82, 2.24) is 15.1 Å². The number of hydrogen-bond acceptors (Lipinski definition) is 5. The molecule has 0 N–H and O–H groups in total. The molecule has 0 spiro atoms. The van der Waals surface area contributed by atoms with E-state index in [1.165, 1.54) is 6.07 Å². The first kappa shape index (κ1) is 15.4. The maximum absolute atomic E-state index is 13.6. The molecule has 0 aliphatic heterocycles. The van der Waals surface area contributed by atoms with E-state index >= 15 is 0 Å². The molecule has 0 amide bonds. The second kappa shape index (κ2) is 6.34. The molecule has 2 aromatic heterocycles. The van der Waals surface area contributed by atoms with Gasteiger partial charge in [0.05, 0.1) is 10.6 Å². The molecule has 0 aliphatic carbocycles. The van der Waals surface area contributed by atoms with E-state index in [-0.39, 0.29) is 5.02 Å². The van der Waals surface area contributed by atoms with Gasteiger partial charge in [0, 0.05) is 19.8 Å². The van der Waals surface area contributed by atoms with E-state index in [2.05, 4.69) is 15.1 Å². The average molecular weight is 333 g/mol. The number of aryl methyl sites for hydroxylation is 1. The molecule has 0 saturated heterocycles. The molecule has 5 nitrogen and oxygen atoms in total. The van der Waals surface area contributed by atoms with Crippen LogP contribution in [0.4, 0.5) is 10.2 Å². The van der Waals surface area contributed by atoms with Gasteiger partial charge in [-0.15, -0.1) is 0 Å². The first-order chi connectivity index (χ1) is 11.0. The maximum Gasteiger partial charge on any atom is 0.261 e. The van der Waals surface area contributed by atoms with Gasteiger partial charge in [-0.25, -0.2) is 9.37 Å². The Morgan fingerprint density at radius 1 is 1.30 bits per heavy atom. The Morgan fingerprint density at radius 2 is 2.13 bits per heavy atom. The van der Waals surface area contributed by atoms with Crippen molar-refractivity contribution in [1.29, 1.82) is 0 Å². The molecule has 2 heterocycles. The Kier molecular flexibility index (Phi) is 4.25. The van der Waals surface area contributed by atoms with Crippen molar-refractivity contribution in [2.75, 3.05) is 11.9 Å². The molecule has 0 fully saturated rings. The van der Waals surface area contributed by atoms with E-state index in [1.54, 1.807) is 31.3 Å². The van der Waals surface area contributed by atoms with E-state index in [1.807, 2.05) is 18.0 Å². The molecule has 118 valence electrons. The molecular formula is C16H14ClFN4O. The summed E-state index contributed by atoms with van der Waals surface area (Å²) in [6.45, 7) is 2.22. The van der Waals surface area contributed by atoms with Crippen molar-refractivity contribution in [2.24, 2.45) is 0 Å². The molecule has 0 aliphatic rings. The van der Waals surface area contributed by atoms with Crippen molar-refractivity contribution in [2.45, 2.75) is 13.5 Å². The molecule has 1 aromatic carbocycles. The van der Waals surface area contributed by atoms with Gasteiger partial charge >= 0.3 is 0 Å². The smallest absolute Gasteiger partial charge is 0.261 e. The van der Waals surface area contributed by atoms with Crippen LogP contribution in [0.25, 0.3) is 11.5 Å². The molecule has 0 radical (unpaired) electrons. The van der Waals surface area contributed by atoms with E-state index in [0.29, 0.717) is 24.1 Å². The largest absolute Gasteiger partial charge is 0.355 e. The molecule has 0 saturated carbocycles. The SMILES string of the molecule is Cc1noc(-c2cccnc2N(C)Cc2ccc(Cl)c(F)c2)n1. The molecule has 3 aromatic rings. The fraction of sp³-hybridized carbons (Fsp3) is 0.188. The normalized spacial score (nSPS) is 10.8. The number of rotatable bonds is 4. The molecule has 0 unspecified atom stereocenters. The number of pyridine rings is 1. The van der Waals surface area contributed by atoms with Crippen LogP contribution in [0.3, 0.4) is 0 Å². The minimum Gasteiger partial charge on any atom is -0.355 e. The Balaban J connectivity index is 1.90. The van der Waals surface area contributed by atoms with Crippen LogP contribution in [0, 0.1) is 12.7 Å². The van der Waals surface area contributed by atoms with Gasteiger partial charge in [-0.2, -0.15) is 4.98 Å². The van der Waals surface area contributed by atoms with Crippen LogP contribution < -0.4 is 4.90 Å². The van der Waals surface area contributed by atoms with Crippen LogP contribution in [-0.4, -0.2) is 22.2 Å². The van der Waals surface area contributed by atoms with Gasteiger partial charge in [0.1, 0.15) is 11.6 Å². The highest BCUT2D eigenvalue weighted by Crippen LogP contribution is 2.28. The molecule has 7 heteroatoms. The first-order valence-electron chi connectivity index (χ1n) is 6.95. The van der Waals surface area contributed by atoms with E-state index < -0.39 is 5.82 Å². The summed E-state index contributed by atoms with van der Waals surface area (Å²) in [7, 11) is 1.86. The zero-order chi connectivity index (χ0) is 16.4. The Morgan fingerprint density at radius 3 is 2.83 bits per heavy atom. The average Bonchev–Trinajstić information content (AvgIpc) is 2.97. The van der Waals surface area contributed by atoms with Gasteiger partial charge in [0.2, 0.25) is 0 Å². The highest BCUT2D eigenvalue weighted by atomic mass is 35.5. The van der Waals surface area contributed by atoms with E-state index in [4.69, 9.17) is 16.1 Å². The summed E-state index contributed by atoms with van der Waals surface area (Å²) in [5.74, 6) is 1.19. The molecule has 23 heavy (non-hydrogen) atoms. The number of aromatic nitrogens is 3. The number of hydrogen-bond donors (Lipinski definition) is 0. The lowest BCUT2D eigenvalue weighted by Gasteiger charge is -2.20. The summed E-state index contributed by atoms with van der Waals surface area (Å²) >= 11 is 5.71. The van der Waals surface area contributed by atoms with Crippen molar-refractivity contribution >= 4 is 17.4 Å². The number of nitrogens with zero attached hydrogens (tertiary/aromatic N) is 4. The third-order valence-corrected chi connectivity index (χ3v) is 3.62. The Hall–Kier alpha value is -2.47. The lowest BCUT2D eigenvalue weighted by molar-refractivity contribution is 0.425. The summed E-state index contributed by atoms with van der Waals surface area (Å²) in [5.41, 5.74) is 1.51. The van der Waals surface area contributed by atoms with Gasteiger partial charge < -0.3 is 9.42 Å². The van der Waals surface area contributed by atoms with E-state index in [0.717, 1.165) is 11.1 Å². The zero-order valence-corrected chi connectivity index (χ0v) is 13.4. The predicted molar refractivity (Wildman–Crippen MR) is 85.8 cm³/mol. The van der Waals surface area contributed by atoms with E-state index in [9.17, 15) is 4.39 Å². The maximum atomic E-state index is 13.6. The fourth-order valence-electron chi connectivity index (χ4n) is 2.26. The number of halogens is 2. The van der Waals surface area contributed by atoms with Crippen LogP contribution >= 0.6 is 11.6 Å². The quantitative estimate of drug-likeness (QED) is 0.726. The number of benzene rings is 1. The lowest BCUT2D eigenvalue weighted by atomic mass is 10.2. The summed E-state index contributed by atoms with van der Waals surface area (Å²) < 4.78 is 18.8. The summed E-state index contributed by atoms with van der Waals surface area (Å²) in [6, 6.07) is 8.39. The summed E-state index contributed by atoms with van der Waals surface area (Å²) in [4.78, 5) is 10.5. The van der Waals surface area contributed by atoms with Crippen molar-refractivity contribution in [3.8, 4) is 11.5 Å². The Labute approximate surface area is 137 Å². The minimum atomic E-state index is -0.439. The number of anilines is 1. The van der Waals surface area contributed by atoms with Crippen LogP contribution in [0.2, 0.25) is 5.02 Å². The molecule has 3 rings (SSSR count).